The molecule has 2 saturated heterocycles. The Morgan fingerprint density at radius 3 is 2.41 bits per heavy atom. The number of para-hydroxylation sites is 2. The van der Waals surface area contributed by atoms with E-state index in [0.29, 0.717) is 12.3 Å². The van der Waals surface area contributed by atoms with Gasteiger partial charge in [0.2, 0.25) is 5.91 Å². The van der Waals surface area contributed by atoms with Gasteiger partial charge in [-0.1, -0.05) is 30.3 Å². The van der Waals surface area contributed by atoms with Crippen LogP contribution in [0.1, 0.15) is 12.0 Å². The zero-order valence-electron chi connectivity index (χ0n) is 15.4. The molecule has 2 aliphatic rings. The van der Waals surface area contributed by atoms with Crippen LogP contribution in [0.4, 0.5) is 11.4 Å². The van der Waals surface area contributed by atoms with Crippen molar-refractivity contribution in [3.63, 3.8) is 0 Å². The fourth-order valence-electron chi connectivity index (χ4n) is 4.14. The molecule has 0 bridgehead atoms. The molecule has 2 fully saturated rings. The van der Waals surface area contributed by atoms with Gasteiger partial charge in [-0.05, 0) is 30.2 Å². The lowest BCUT2D eigenvalue weighted by atomic mass is 10.1. The van der Waals surface area contributed by atoms with Crippen molar-refractivity contribution in [1.82, 2.24) is 4.90 Å². The van der Waals surface area contributed by atoms with Crippen molar-refractivity contribution in [1.29, 1.82) is 5.26 Å². The van der Waals surface area contributed by atoms with Crippen molar-refractivity contribution >= 4 is 17.3 Å². The van der Waals surface area contributed by atoms with Crippen molar-refractivity contribution in [2.45, 2.75) is 6.42 Å². The highest BCUT2D eigenvalue weighted by Gasteiger charge is 2.32. The van der Waals surface area contributed by atoms with Crippen molar-refractivity contribution in [3.8, 4) is 6.07 Å². The molecule has 2 heterocycles. The smallest absolute Gasteiger partial charge is 0.227 e. The van der Waals surface area contributed by atoms with E-state index in [1.54, 1.807) is 0 Å². The number of nitrogens with zero attached hydrogens (tertiary/aromatic N) is 4. The molecule has 27 heavy (non-hydrogen) atoms. The minimum absolute atomic E-state index is 0.229. The summed E-state index contributed by atoms with van der Waals surface area (Å²) in [7, 11) is 0. The molecule has 1 atom stereocenters. The van der Waals surface area contributed by atoms with Gasteiger partial charge in [0.15, 0.2) is 0 Å². The highest BCUT2D eigenvalue weighted by molar-refractivity contribution is 5.95. The lowest BCUT2D eigenvalue weighted by Gasteiger charge is -2.37. The van der Waals surface area contributed by atoms with E-state index in [-0.39, 0.29) is 5.91 Å². The maximum absolute atomic E-state index is 12.4. The second kappa shape index (κ2) is 7.81. The molecule has 0 spiro atoms. The molecule has 1 amide bonds. The number of benzene rings is 2. The van der Waals surface area contributed by atoms with Crippen molar-refractivity contribution in [2.75, 3.05) is 49.1 Å². The van der Waals surface area contributed by atoms with E-state index in [1.807, 2.05) is 59.5 Å². The Hall–Kier alpha value is -2.84. The Kier molecular flexibility index (Phi) is 5.08. The number of rotatable bonds is 4. The molecule has 0 aromatic heterocycles. The van der Waals surface area contributed by atoms with Crippen LogP contribution in [0.2, 0.25) is 0 Å². The quantitative estimate of drug-likeness (QED) is 0.841. The van der Waals surface area contributed by atoms with Gasteiger partial charge in [-0.3, -0.25) is 9.69 Å². The van der Waals surface area contributed by atoms with Gasteiger partial charge in [-0.2, -0.15) is 5.26 Å². The van der Waals surface area contributed by atoms with Gasteiger partial charge in [0.1, 0.15) is 6.07 Å². The average Bonchev–Trinajstić information content (AvgIpc) is 3.09. The third-order valence-corrected chi connectivity index (χ3v) is 5.53. The zero-order valence-corrected chi connectivity index (χ0v) is 15.4. The fraction of sp³-hybridized carbons (Fsp3) is 0.364. The molecule has 2 aromatic rings. The van der Waals surface area contributed by atoms with E-state index in [2.05, 4.69) is 15.9 Å². The first kappa shape index (κ1) is 17.6. The lowest BCUT2D eigenvalue weighted by Crippen LogP contribution is -2.48. The molecular weight excluding hydrogens is 336 g/mol. The van der Waals surface area contributed by atoms with Crippen molar-refractivity contribution < 1.29 is 4.79 Å². The third-order valence-electron chi connectivity index (χ3n) is 5.53. The SMILES string of the molecule is N#Cc1ccccc1N1CCN(C[C@@H]2CC(=O)N(c3ccccc3)C2)CC1. The number of hydrogen-bond acceptors (Lipinski definition) is 4. The Morgan fingerprint density at radius 2 is 1.67 bits per heavy atom. The fourth-order valence-corrected chi connectivity index (χ4v) is 4.14. The highest BCUT2D eigenvalue weighted by Crippen LogP contribution is 2.26. The monoisotopic (exact) mass is 360 g/mol. The summed E-state index contributed by atoms with van der Waals surface area (Å²) in [4.78, 5) is 19.1. The third kappa shape index (κ3) is 3.81. The molecule has 0 radical (unpaired) electrons. The number of anilines is 2. The van der Waals surface area contributed by atoms with Gasteiger partial charge in [0, 0.05) is 51.4 Å². The molecular formula is C22H24N4O. The molecule has 2 aliphatic heterocycles. The maximum Gasteiger partial charge on any atom is 0.227 e. The summed E-state index contributed by atoms with van der Waals surface area (Å²) in [5.74, 6) is 0.614. The molecule has 4 rings (SSSR count). The normalized spacial score (nSPS) is 20.7. The standard InChI is InChI=1S/C22H24N4O/c23-15-19-6-4-5-9-21(19)25-12-10-24(11-13-25)16-18-14-22(27)26(17-18)20-7-2-1-3-8-20/h1-9,18H,10-14,16-17H2/t18-/m0/s1. The number of carbonyl (C=O) groups is 1. The number of carbonyl (C=O) groups excluding carboxylic acids is 1. The number of hydrogen-bond donors (Lipinski definition) is 0. The summed E-state index contributed by atoms with van der Waals surface area (Å²) >= 11 is 0. The Morgan fingerprint density at radius 1 is 0.963 bits per heavy atom. The van der Waals surface area contributed by atoms with Crippen LogP contribution in [0.5, 0.6) is 0 Å². The van der Waals surface area contributed by atoms with Crippen LogP contribution < -0.4 is 9.80 Å². The van der Waals surface area contributed by atoms with Gasteiger partial charge in [0.05, 0.1) is 11.3 Å². The number of piperazine rings is 1. The van der Waals surface area contributed by atoms with E-state index in [0.717, 1.165) is 56.2 Å². The minimum atomic E-state index is 0.229. The summed E-state index contributed by atoms with van der Waals surface area (Å²) in [5, 5.41) is 9.31. The van der Waals surface area contributed by atoms with E-state index < -0.39 is 0 Å². The van der Waals surface area contributed by atoms with Gasteiger partial charge < -0.3 is 9.80 Å². The second-order valence-electron chi connectivity index (χ2n) is 7.33. The zero-order chi connectivity index (χ0) is 18.6. The summed E-state index contributed by atoms with van der Waals surface area (Å²) in [6.45, 7) is 5.54. The Labute approximate surface area is 160 Å². The van der Waals surface area contributed by atoms with E-state index >= 15 is 0 Å². The van der Waals surface area contributed by atoms with Crippen LogP contribution in [0.15, 0.2) is 54.6 Å². The molecule has 0 saturated carbocycles. The predicted molar refractivity (Wildman–Crippen MR) is 107 cm³/mol. The van der Waals surface area contributed by atoms with Gasteiger partial charge in [-0.25, -0.2) is 0 Å². The molecule has 0 N–H and O–H groups in total. The minimum Gasteiger partial charge on any atom is -0.368 e. The van der Waals surface area contributed by atoms with Crippen LogP contribution in [-0.4, -0.2) is 50.1 Å². The first-order chi connectivity index (χ1) is 13.2. The molecule has 138 valence electrons. The summed E-state index contributed by atoms with van der Waals surface area (Å²) < 4.78 is 0. The van der Waals surface area contributed by atoms with Gasteiger partial charge in [-0.15, -0.1) is 0 Å². The molecule has 5 heteroatoms. The predicted octanol–water partition coefficient (Wildman–Crippen LogP) is 2.73. The average molecular weight is 360 g/mol. The second-order valence-corrected chi connectivity index (χ2v) is 7.33. The Bertz CT molecular complexity index is 837. The summed E-state index contributed by atoms with van der Waals surface area (Å²) in [5.41, 5.74) is 2.78. The van der Waals surface area contributed by atoms with Crippen LogP contribution in [0.25, 0.3) is 0 Å². The van der Waals surface area contributed by atoms with E-state index in [1.165, 1.54) is 0 Å². The number of amides is 1. The van der Waals surface area contributed by atoms with Gasteiger partial charge >= 0.3 is 0 Å². The molecule has 2 aromatic carbocycles. The molecule has 0 unspecified atom stereocenters. The Balaban J connectivity index is 1.32. The first-order valence-corrected chi connectivity index (χ1v) is 9.56. The topological polar surface area (TPSA) is 50.6 Å². The van der Waals surface area contributed by atoms with Crippen LogP contribution in [0, 0.1) is 17.2 Å². The van der Waals surface area contributed by atoms with Crippen molar-refractivity contribution in [3.05, 3.63) is 60.2 Å². The highest BCUT2D eigenvalue weighted by atomic mass is 16.2. The first-order valence-electron chi connectivity index (χ1n) is 9.56. The summed E-state index contributed by atoms with van der Waals surface area (Å²) in [6.07, 6.45) is 0.631. The lowest BCUT2D eigenvalue weighted by molar-refractivity contribution is -0.117. The van der Waals surface area contributed by atoms with E-state index in [9.17, 15) is 10.1 Å². The van der Waals surface area contributed by atoms with Crippen molar-refractivity contribution in [2.24, 2.45) is 5.92 Å². The summed E-state index contributed by atoms with van der Waals surface area (Å²) in [6, 6.07) is 20.0. The molecule has 0 aliphatic carbocycles. The maximum atomic E-state index is 12.4. The van der Waals surface area contributed by atoms with Crippen LogP contribution in [0.3, 0.4) is 0 Å². The number of nitriles is 1. The molecule has 5 nitrogen and oxygen atoms in total. The van der Waals surface area contributed by atoms with Crippen LogP contribution >= 0.6 is 0 Å². The van der Waals surface area contributed by atoms with E-state index in [4.69, 9.17) is 0 Å². The largest absolute Gasteiger partial charge is 0.368 e. The van der Waals surface area contributed by atoms with Crippen LogP contribution in [-0.2, 0) is 4.79 Å². The van der Waals surface area contributed by atoms with Gasteiger partial charge in [0.25, 0.3) is 0 Å².